The molecule has 1 aromatic carbocycles. The number of non-ortho nitro benzene ring substituents is 1. The summed E-state index contributed by atoms with van der Waals surface area (Å²) in [7, 11) is 1.48. The van der Waals surface area contributed by atoms with Crippen LogP contribution in [0.5, 0.6) is 5.75 Å². The van der Waals surface area contributed by atoms with Gasteiger partial charge in [0, 0.05) is 17.7 Å². The molecule has 1 aliphatic carbocycles. The van der Waals surface area contributed by atoms with E-state index in [2.05, 4.69) is 0 Å². The summed E-state index contributed by atoms with van der Waals surface area (Å²) in [5.74, 6) is -0.327. The van der Waals surface area contributed by atoms with Crippen molar-refractivity contribution in [3.8, 4) is 5.75 Å². The average Bonchev–Trinajstić information content (AvgIpc) is 2.88. The van der Waals surface area contributed by atoms with E-state index < -0.39 is 16.3 Å². The molecule has 0 spiro atoms. The summed E-state index contributed by atoms with van der Waals surface area (Å²) in [5.41, 5.74) is -0.270. The number of carboxylic acid groups (broad SMARTS) is 1. The molecule has 0 amide bonds. The number of nitrogens with zero attached hydrogens (tertiary/aromatic N) is 1. The second-order valence-corrected chi connectivity index (χ2v) is 5.22. The zero-order chi connectivity index (χ0) is 14.8. The van der Waals surface area contributed by atoms with Crippen LogP contribution in [-0.2, 0) is 11.2 Å². The topological polar surface area (TPSA) is 89.7 Å². The van der Waals surface area contributed by atoms with Crippen molar-refractivity contribution in [1.29, 1.82) is 0 Å². The predicted molar refractivity (Wildman–Crippen MR) is 71.9 cm³/mol. The first kappa shape index (κ1) is 14.3. The van der Waals surface area contributed by atoms with E-state index in [9.17, 15) is 20.0 Å². The second-order valence-electron chi connectivity index (χ2n) is 5.22. The number of nitro benzene ring substituents is 1. The summed E-state index contributed by atoms with van der Waals surface area (Å²) in [6.45, 7) is 0. The smallest absolute Gasteiger partial charge is 0.309 e. The van der Waals surface area contributed by atoms with Gasteiger partial charge in [0.05, 0.1) is 17.4 Å². The Hall–Kier alpha value is -2.11. The molecule has 0 atom stereocenters. The van der Waals surface area contributed by atoms with Gasteiger partial charge in [-0.05, 0) is 25.3 Å². The molecule has 0 heterocycles. The fourth-order valence-corrected chi connectivity index (χ4v) is 2.90. The Morgan fingerprint density at radius 3 is 2.60 bits per heavy atom. The normalized spacial score (nSPS) is 16.9. The van der Waals surface area contributed by atoms with E-state index in [0.717, 1.165) is 12.8 Å². The molecule has 6 heteroatoms. The zero-order valence-corrected chi connectivity index (χ0v) is 11.3. The second kappa shape index (κ2) is 5.48. The van der Waals surface area contributed by atoms with Crippen LogP contribution in [0.3, 0.4) is 0 Å². The lowest BCUT2D eigenvalue weighted by atomic mass is 9.80. The summed E-state index contributed by atoms with van der Waals surface area (Å²) < 4.78 is 5.20. The quantitative estimate of drug-likeness (QED) is 0.661. The van der Waals surface area contributed by atoms with E-state index in [-0.39, 0.29) is 12.1 Å². The lowest BCUT2D eigenvalue weighted by molar-refractivity contribution is -0.384. The molecule has 0 radical (unpaired) electrons. The number of ether oxygens (including phenoxy) is 1. The lowest BCUT2D eigenvalue weighted by Crippen LogP contribution is -2.30. The van der Waals surface area contributed by atoms with Crippen molar-refractivity contribution < 1.29 is 19.6 Å². The highest BCUT2D eigenvalue weighted by Crippen LogP contribution is 2.43. The number of benzene rings is 1. The molecular weight excluding hydrogens is 262 g/mol. The third-order valence-electron chi connectivity index (χ3n) is 4.02. The van der Waals surface area contributed by atoms with Gasteiger partial charge >= 0.3 is 5.97 Å². The van der Waals surface area contributed by atoms with Crippen LogP contribution in [0.15, 0.2) is 18.2 Å². The molecular formula is C14H17NO5. The van der Waals surface area contributed by atoms with Gasteiger partial charge in [0.25, 0.3) is 5.69 Å². The summed E-state index contributed by atoms with van der Waals surface area (Å²) in [5, 5.41) is 20.3. The third kappa shape index (κ3) is 2.59. The van der Waals surface area contributed by atoms with Crippen molar-refractivity contribution in [3.05, 3.63) is 33.9 Å². The molecule has 6 nitrogen and oxygen atoms in total. The number of carbonyl (C=O) groups is 1. The van der Waals surface area contributed by atoms with E-state index in [1.54, 1.807) is 0 Å². The van der Waals surface area contributed by atoms with Gasteiger partial charge < -0.3 is 9.84 Å². The summed E-state index contributed by atoms with van der Waals surface area (Å²) in [4.78, 5) is 21.9. The highest BCUT2D eigenvalue weighted by molar-refractivity contribution is 5.75. The van der Waals surface area contributed by atoms with E-state index in [4.69, 9.17) is 4.74 Å². The minimum atomic E-state index is -0.830. The van der Waals surface area contributed by atoms with Crippen molar-refractivity contribution in [2.75, 3.05) is 7.11 Å². The highest BCUT2D eigenvalue weighted by atomic mass is 16.6. The molecule has 0 aromatic heterocycles. The van der Waals surface area contributed by atoms with Crippen LogP contribution in [0.25, 0.3) is 0 Å². The Kier molecular flexibility index (Phi) is 3.92. The fraction of sp³-hybridized carbons (Fsp3) is 0.500. The first-order valence-corrected chi connectivity index (χ1v) is 6.53. The number of hydrogen-bond donors (Lipinski definition) is 1. The monoisotopic (exact) mass is 279 g/mol. The molecule has 0 aliphatic heterocycles. The van der Waals surface area contributed by atoms with E-state index >= 15 is 0 Å². The van der Waals surface area contributed by atoms with Gasteiger partial charge in [-0.15, -0.1) is 0 Å². The van der Waals surface area contributed by atoms with Crippen molar-refractivity contribution >= 4 is 11.7 Å². The predicted octanol–water partition coefficient (Wildman–Crippen LogP) is 2.79. The molecule has 1 aromatic rings. The molecule has 1 fully saturated rings. The Morgan fingerprint density at radius 2 is 2.10 bits per heavy atom. The molecule has 1 aliphatic rings. The number of methoxy groups -OCH3 is 1. The minimum Gasteiger partial charge on any atom is -0.496 e. The van der Waals surface area contributed by atoms with Crippen LogP contribution in [-0.4, -0.2) is 23.1 Å². The Morgan fingerprint density at radius 1 is 1.45 bits per heavy atom. The molecule has 0 saturated heterocycles. The number of carboxylic acids is 1. The van der Waals surface area contributed by atoms with Gasteiger partial charge in [0.15, 0.2) is 0 Å². The van der Waals surface area contributed by atoms with Crippen molar-refractivity contribution in [1.82, 2.24) is 0 Å². The molecule has 2 rings (SSSR count). The average molecular weight is 279 g/mol. The number of nitro groups is 1. The molecule has 1 saturated carbocycles. The zero-order valence-electron chi connectivity index (χ0n) is 11.3. The van der Waals surface area contributed by atoms with Crippen LogP contribution in [0, 0.1) is 15.5 Å². The Balaban J connectivity index is 2.37. The van der Waals surface area contributed by atoms with Crippen LogP contribution in [0.1, 0.15) is 31.2 Å². The van der Waals surface area contributed by atoms with Gasteiger partial charge in [0.2, 0.25) is 0 Å². The van der Waals surface area contributed by atoms with Gasteiger partial charge in [0.1, 0.15) is 5.75 Å². The van der Waals surface area contributed by atoms with E-state index in [0.29, 0.717) is 24.2 Å². The molecule has 20 heavy (non-hydrogen) atoms. The van der Waals surface area contributed by atoms with Crippen LogP contribution < -0.4 is 4.74 Å². The van der Waals surface area contributed by atoms with Crippen LogP contribution in [0.4, 0.5) is 5.69 Å². The molecule has 108 valence electrons. The molecule has 0 bridgehead atoms. The van der Waals surface area contributed by atoms with Gasteiger partial charge in [-0.25, -0.2) is 0 Å². The molecule has 1 N–H and O–H groups in total. The first-order chi connectivity index (χ1) is 9.48. The standard InChI is InChI=1S/C14H17NO5/c1-20-12-5-4-11(15(18)19)8-10(12)9-14(13(16)17)6-2-3-7-14/h4-5,8H,2-3,6-7,9H2,1H3,(H,16,17). The minimum absolute atomic E-state index is 0.0423. The first-order valence-electron chi connectivity index (χ1n) is 6.53. The van der Waals surface area contributed by atoms with Crippen molar-refractivity contribution in [2.45, 2.75) is 32.1 Å². The SMILES string of the molecule is COc1ccc([N+](=O)[O-])cc1CC1(C(=O)O)CCCC1. The summed E-state index contributed by atoms with van der Waals surface area (Å²) >= 11 is 0. The number of hydrogen-bond acceptors (Lipinski definition) is 4. The fourth-order valence-electron chi connectivity index (χ4n) is 2.90. The maximum atomic E-state index is 11.6. The number of aliphatic carboxylic acids is 1. The largest absolute Gasteiger partial charge is 0.496 e. The number of rotatable bonds is 5. The van der Waals surface area contributed by atoms with Gasteiger partial charge in [-0.1, -0.05) is 12.8 Å². The Bertz CT molecular complexity index is 534. The maximum absolute atomic E-state index is 11.6. The maximum Gasteiger partial charge on any atom is 0.309 e. The van der Waals surface area contributed by atoms with Crippen LogP contribution in [0.2, 0.25) is 0 Å². The van der Waals surface area contributed by atoms with Gasteiger partial charge in [-0.2, -0.15) is 0 Å². The summed E-state index contributed by atoms with van der Waals surface area (Å²) in [6.07, 6.45) is 3.24. The van der Waals surface area contributed by atoms with E-state index in [1.807, 2.05) is 0 Å². The highest BCUT2D eigenvalue weighted by Gasteiger charge is 2.42. The van der Waals surface area contributed by atoms with Crippen molar-refractivity contribution in [2.24, 2.45) is 5.41 Å². The van der Waals surface area contributed by atoms with E-state index in [1.165, 1.54) is 25.3 Å². The summed E-state index contributed by atoms with van der Waals surface area (Å²) in [6, 6.07) is 4.31. The Labute approximate surface area is 116 Å². The van der Waals surface area contributed by atoms with Crippen molar-refractivity contribution in [3.63, 3.8) is 0 Å². The van der Waals surface area contributed by atoms with Gasteiger partial charge in [-0.3, -0.25) is 14.9 Å². The third-order valence-corrected chi connectivity index (χ3v) is 4.02. The van der Waals surface area contributed by atoms with Crippen LogP contribution >= 0.6 is 0 Å². The lowest BCUT2D eigenvalue weighted by Gasteiger charge is -2.24. The molecule has 0 unspecified atom stereocenters.